The molecule has 3 nitrogen and oxygen atoms in total. The molecule has 3 heteroatoms. The van der Waals surface area contributed by atoms with Gasteiger partial charge in [0.1, 0.15) is 18.0 Å². The number of ketones is 1. The van der Waals surface area contributed by atoms with E-state index in [9.17, 15) is 9.90 Å². The fourth-order valence-electron chi connectivity index (χ4n) is 4.82. The fourth-order valence-corrected chi connectivity index (χ4v) is 4.82. The lowest BCUT2D eigenvalue weighted by Crippen LogP contribution is -2.43. The Morgan fingerprint density at radius 1 is 0.931 bits per heavy atom. The van der Waals surface area contributed by atoms with E-state index in [0.29, 0.717) is 18.1 Å². The predicted molar refractivity (Wildman–Crippen MR) is 114 cm³/mol. The van der Waals surface area contributed by atoms with Gasteiger partial charge in [0.15, 0.2) is 0 Å². The molecular weight excluding hydrogens is 360 g/mol. The Hall–Kier alpha value is -1.97. The van der Waals surface area contributed by atoms with Crippen molar-refractivity contribution < 1.29 is 14.6 Å². The molecule has 0 saturated heterocycles. The second-order valence-electron chi connectivity index (χ2n) is 8.98. The number of benzene rings is 2. The highest BCUT2D eigenvalue weighted by Gasteiger charge is 2.50. The first-order chi connectivity index (χ1) is 14.1. The summed E-state index contributed by atoms with van der Waals surface area (Å²) in [5, 5.41) is 11.3. The number of aliphatic hydroxyl groups excluding tert-OH is 1. The van der Waals surface area contributed by atoms with E-state index in [1.807, 2.05) is 60.7 Å². The number of carbonyl (C=O) groups is 1. The molecule has 2 saturated carbocycles. The summed E-state index contributed by atoms with van der Waals surface area (Å²) in [6.07, 6.45) is 5.53. The molecule has 0 unspecified atom stereocenters. The first kappa shape index (κ1) is 20.3. The van der Waals surface area contributed by atoms with Gasteiger partial charge < -0.3 is 9.84 Å². The summed E-state index contributed by atoms with van der Waals surface area (Å²) in [6.45, 7) is 2.11. The zero-order chi connectivity index (χ0) is 20.3. The maximum Gasteiger partial charge on any atom is 0.141 e. The third kappa shape index (κ3) is 4.46. The normalized spacial score (nSPS) is 25.8. The highest BCUT2D eigenvalue weighted by molar-refractivity contribution is 5.85. The largest absolute Gasteiger partial charge is 0.385 e. The summed E-state index contributed by atoms with van der Waals surface area (Å²) in [4.78, 5) is 13.1. The van der Waals surface area contributed by atoms with Gasteiger partial charge in [-0.2, -0.15) is 0 Å². The molecule has 29 heavy (non-hydrogen) atoms. The van der Waals surface area contributed by atoms with Crippen molar-refractivity contribution >= 4 is 5.78 Å². The molecule has 2 aromatic carbocycles. The number of aliphatic hydroxyl groups is 1. The third-order valence-electron chi connectivity index (χ3n) is 6.76. The predicted octanol–water partition coefficient (Wildman–Crippen LogP) is 5.80. The Kier molecular flexibility index (Phi) is 6.17. The summed E-state index contributed by atoms with van der Waals surface area (Å²) in [6, 6.07) is 19.7. The van der Waals surface area contributed by atoms with Crippen molar-refractivity contribution in [3.8, 4) is 0 Å². The quantitative estimate of drug-likeness (QED) is 0.606. The molecule has 0 aromatic heterocycles. The lowest BCUT2D eigenvalue weighted by molar-refractivity contribution is -0.156. The lowest BCUT2D eigenvalue weighted by Gasteiger charge is -2.39. The lowest BCUT2D eigenvalue weighted by atomic mass is 9.74. The van der Waals surface area contributed by atoms with Crippen LogP contribution in [0.5, 0.6) is 0 Å². The standard InChI is InChI=1S/C26H32O3/c1-26(18-10-4-9-15-22(26)27)25(21-16-17-21)29-24(20-13-7-3-8-14-20)23(28)19-11-5-2-6-12-19/h2-3,5-8,11-14,21,23-25,28H,4,9-10,15-18H2,1H3/t23-,24-,25+,26-/m0/s1. The van der Waals surface area contributed by atoms with Crippen molar-refractivity contribution in [2.75, 3.05) is 0 Å². The zero-order valence-corrected chi connectivity index (χ0v) is 17.3. The van der Waals surface area contributed by atoms with Crippen LogP contribution >= 0.6 is 0 Å². The third-order valence-corrected chi connectivity index (χ3v) is 6.76. The summed E-state index contributed by atoms with van der Waals surface area (Å²) >= 11 is 0. The zero-order valence-electron chi connectivity index (χ0n) is 17.3. The van der Waals surface area contributed by atoms with Gasteiger partial charge in [-0.05, 0) is 42.7 Å². The molecule has 2 aromatic rings. The summed E-state index contributed by atoms with van der Waals surface area (Å²) in [7, 11) is 0. The summed E-state index contributed by atoms with van der Waals surface area (Å²) in [5.41, 5.74) is 1.34. The number of Topliss-reactive ketones (excluding diaryl/α,β-unsaturated/α-hetero) is 1. The van der Waals surface area contributed by atoms with Gasteiger partial charge in [-0.1, -0.05) is 80.4 Å². The number of ether oxygens (including phenoxy) is 1. The molecule has 0 bridgehead atoms. The van der Waals surface area contributed by atoms with E-state index in [2.05, 4.69) is 6.92 Å². The van der Waals surface area contributed by atoms with Gasteiger partial charge in [0.05, 0.1) is 11.5 Å². The van der Waals surface area contributed by atoms with Gasteiger partial charge >= 0.3 is 0 Å². The topological polar surface area (TPSA) is 46.5 Å². The molecular formula is C26H32O3. The van der Waals surface area contributed by atoms with Crippen molar-refractivity contribution in [1.29, 1.82) is 0 Å². The Labute approximate surface area is 174 Å². The van der Waals surface area contributed by atoms with Gasteiger partial charge in [-0.25, -0.2) is 0 Å². The van der Waals surface area contributed by atoms with Crippen molar-refractivity contribution in [3.05, 3.63) is 71.8 Å². The van der Waals surface area contributed by atoms with E-state index in [1.54, 1.807) is 0 Å². The maximum atomic E-state index is 13.1. The minimum atomic E-state index is -0.774. The molecule has 1 N–H and O–H groups in total. The number of rotatable bonds is 7. The Morgan fingerprint density at radius 3 is 2.17 bits per heavy atom. The fraction of sp³-hybridized carbons (Fsp3) is 0.500. The number of hydrogen-bond acceptors (Lipinski definition) is 3. The average Bonchev–Trinajstić information content (AvgIpc) is 3.60. The Balaban J connectivity index is 1.67. The van der Waals surface area contributed by atoms with Crippen LogP contribution in [0.25, 0.3) is 0 Å². The first-order valence-corrected chi connectivity index (χ1v) is 11.1. The van der Waals surface area contributed by atoms with Gasteiger partial charge in [0.25, 0.3) is 0 Å². The molecule has 0 heterocycles. The molecule has 4 atom stereocenters. The van der Waals surface area contributed by atoms with Crippen LogP contribution in [0.2, 0.25) is 0 Å². The second kappa shape index (κ2) is 8.81. The van der Waals surface area contributed by atoms with Crippen LogP contribution in [0.4, 0.5) is 0 Å². The number of hydrogen-bond donors (Lipinski definition) is 1. The van der Waals surface area contributed by atoms with Crippen LogP contribution in [0.15, 0.2) is 60.7 Å². The molecule has 4 rings (SSSR count). The summed E-state index contributed by atoms with van der Waals surface area (Å²) < 4.78 is 6.77. The molecule has 0 radical (unpaired) electrons. The maximum absolute atomic E-state index is 13.1. The molecule has 0 spiro atoms. The molecule has 2 aliphatic rings. The van der Waals surface area contributed by atoms with E-state index in [4.69, 9.17) is 4.74 Å². The van der Waals surface area contributed by atoms with Gasteiger partial charge in [0, 0.05) is 6.42 Å². The van der Waals surface area contributed by atoms with Crippen LogP contribution in [-0.2, 0) is 9.53 Å². The van der Waals surface area contributed by atoms with Crippen molar-refractivity contribution in [2.45, 2.75) is 70.2 Å². The molecule has 2 aliphatic carbocycles. The molecule has 2 fully saturated rings. The smallest absolute Gasteiger partial charge is 0.141 e. The van der Waals surface area contributed by atoms with Crippen LogP contribution < -0.4 is 0 Å². The van der Waals surface area contributed by atoms with Gasteiger partial charge in [0.2, 0.25) is 0 Å². The van der Waals surface area contributed by atoms with Crippen molar-refractivity contribution in [2.24, 2.45) is 11.3 Å². The van der Waals surface area contributed by atoms with Crippen LogP contribution in [0, 0.1) is 11.3 Å². The minimum Gasteiger partial charge on any atom is -0.385 e. The van der Waals surface area contributed by atoms with Gasteiger partial charge in [-0.15, -0.1) is 0 Å². The monoisotopic (exact) mass is 392 g/mol. The Bertz CT molecular complexity index is 799. The first-order valence-electron chi connectivity index (χ1n) is 11.1. The van der Waals surface area contributed by atoms with Crippen LogP contribution in [0.3, 0.4) is 0 Å². The minimum absolute atomic E-state index is 0.142. The highest BCUT2D eigenvalue weighted by atomic mass is 16.5. The second-order valence-corrected chi connectivity index (χ2v) is 8.98. The number of carbonyl (C=O) groups excluding carboxylic acids is 1. The SMILES string of the molecule is C[C@]1([C@H](O[C@@H](c2ccccc2)[C@@H](O)c2ccccc2)C2CC2)CCCCCC1=O. The van der Waals surface area contributed by atoms with Crippen molar-refractivity contribution in [3.63, 3.8) is 0 Å². The molecule has 0 amide bonds. The average molecular weight is 393 g/mol. The van der Waals surface area contributed by atoms with E-state index in [0.717, 1.165) is 49.7 Å². The summed E-state index contributed by atoms with van der Waals surface area (Å²) in [5.74, 6) is 0.754. The Morgan fingerprint density at radius 2 is 1.55 bits per heavy atom. The van der Waals surface area contributed by atoms with E-state index < -0.39 is 17.6 Å². The van der Waals surface area contributed by atoms with E-state index >= 15 is 0 Å². The van der Waals surface area contributed by atoms with Gasteiger partial charge in [-0.3, -0.25) is 4.79 Å². The van der Waals surface area contributed by atoms with Crippen LogP contribution in [-0.4, -0.2) is 17.0 Å². The molecule has 154 valence electrons. The van der Waals surface area contributed by atoms with E-state index in [-0.39, 0.29) is 6.10 Å². The van der Waals surface area contributed by atoms with Crippen molar-refractivity contribution in [1.82, 2.24) is 0 Å². The van der Waals surface area contributed by atoms with Crippen LogP contribution in [0.1, 0.15) is 75.2 Å². The van der Waals surface area contributed by atoms with E-state index in [1.165, 1.54) is 0 Å². The molecule has 0 aliphatic heterocycles. The highest BCUT2D eigenvalue weighted by Crippen LogP contribution is 2.50.